The van der Waals surface area contributed by atoms with Crippen molar-refractivity contribution in [3.05, 3.63) is 70.0 Å². The monoisotopic (exact) mass is 449 g/mol. The third-order valence-electron chi connectivity index (χ3n) is 4.60. The summed E-state index contributed by atoms with van der Waals surface area (Å²) >= 11 is 12.1. The molecule has 150 valence electrons. The fourth-order valence-corrected chi connectivity index (χ4v) is 3.52. The van der Waals surface area contributed by atoms with Gasteiger partial charge in [0.15, 0.2) is 5.78 Å². The number of carbonyl (C=O) groups is 2. The van der Waals surface area contributed by atoms with Crippen LogP contribution >= 0.6 is 36.7 Å². The van der Waals surface area contributed by atoms with Crippen LogP contribution in [0.15, 0.2) is 43.0 Å². The molecule has 4 rings (SSSR count). The Balaban J connectivity index is 0.00000240. The lowest BCUT2D eigenvalue weighted by molar-refractivity contribution is 0.0951. The van der Waals surface area contributed by atoms with E-state index in [0.717, 1.165) is 0 Å². The van der Waals surface area contributed by atoms with Gasteiger partial charge in [0.2, 0.25) is 0 Å². The lowest BCUT2D eigenvalue weighted by Crippen LogP contribution is -2.43. The minimum atomic E-state index is -0.240. The van der Waals surface area contributed by atoms with Gasteiger partial charge in [0, 0.05) is 36.6 Å². The van der Waals surface area contributed by atoms with Gasteiger partial charge in [-0.2, -0.15) is 18.6 Å². The summed E-state index contributed by atoms with van der Waals surface area (Å²) in [5, 5.41) is 5.12. The van der Waals surface area contributed by atoms with E-state index in [-0.39, 0.29) is 43.3 Å². The fourth-order valence-electron chi connectivity index (χ4n) is 3.23. The lowest BCUT2D eigenvalue weighted by atomic mass is 10.0. The van der Waals surface area contributed by atoms with Crippen molar-refractivity contribution in [2.75, 3.05) is 11.4 Å². The first-order valence-corrected chi connectivity index (χ1v) is 9.34. The molecule has 7 nitrogen and oxygen atoms in total. The number of hydrogen-bond donors (Lipinski definition) is 0. The van der Waals surface area contributed by atoms with E-state index in [1.165, 1.54) is 18.6 Å². The van der Waals surface area contributed by atoms with Gasteiger partial charge in [0.1, 0.15) is 11.4 Å². The normalized spacial score (nSPS) is 15.6. The number of benzene rings is 1. The molecule has 3 aromatic rings. The second-order valence-corrected chi connectivity index (χ2v) is 7.33. The number of aromatic nitrogens is 4. The number of amides is 1. The number of nitrogens with zero attached hydrogens (tertiary/aromatic N) is 5. The van der Waals surface area contributed by atoms with E-state index >= 15 is 0 Å². The van der Waals surface area contributed by atoms with Crippen molar-refractivity contribution in [1.29, 1.82) is 0 Å². The molecule has 1 atom stereocenters. The van der Waals surface area contributed by atoms with Crippen LogP contribution in [0.3, 0.4) is 0 Å². The molecular formula is C19H17Cl2N5O2S. The minimum absolute atomic E-state index is 0. The van der Waals surface area contributed by atoms with Gasteiger partial charge in [-0.3, -0.25) is 19.3 Å². The Hall–Kier alpha value is -2.42. The van der Waals surface area contributed by atoms with Crippen LogP contribution in [0, 0.1) is 0 Å². The zero-order valence-corrected chi connectivity index (χ0v) is 17.9. The molecule has 0 radical (unpaired) electrons. The van der Waals surface area contributed by atoms with Crippen LogP contribution in [-0.4, -0.2) is 38.0 Å². The molecule has 10 heteroatoms. The summed E-state index contributed by atoms with van der Waals surface area (Å²) in [5.74, 6) is -0.466. The zero-order chi connectivity index (χ0) is 19.8. The first-order valence-electron chi connectivity index (χ1n) is 8.58. The number of hydrogen-bond acceptors (Lipinski definition) is 5. The standard InChI is InChI=1S/C19H15Cl2N5O2.H2S/c1-11-10-25(13-2-3-14(20)15(21)7-13)19(28)18-12(8-24-26(11)18)6-17(27)16-9-22-4-5-23-16;/h2-5,7-9,11H,6,10H2,1H3;1H2/t11-;/m0./s1. The van der Waals surface area contributed by atoms with E-state index in [4.69, 9.17) is 23.2 Å². The molecule has 0 N–H and O–H groups in total. The van der Waals surface area contributed by atoms with E-state index in [0.29, 0.717) is 33.5 Å². The Morgan fingerprint density at radius 2 is 2.00 bits per heavy atom. The van der Waals surface area contributed by atoms with Crippen LogP contribution in [0.5, 0.6) is 0 Å². The van der Waals surface area contributed by atoms with Gasteiger partial charge in [-0.05, 0) is 25.1 Å². The molecular weight excluding hydrogens is 433 g/mol. The molecule has 0 saturated carbocycles. The highest BCUT2D eigenvalue weighted by atomic mass is 35.5. The van der Waals surface area contributed by atoms with Gasteiger partial charge >= 0.3 is 0 Å². The number of Topliss-reactive ketones (excluding diaryl/α,β-unsaturated/α-hetero) is 1. The third kappa shape index (κ3) is 4.01. The molecule has 2 aromatic heterocycles. The van der Waals surface area contributed by atoms with Crippen LogP contribution in [-0.2, 0) is 6.42 Å². The maximum absolute atomic E-state index is 13.2. The number of anilines is 1. The highest BCUT2D eigenvalue weighted by Crippen LogP contribution is 2.32. The van der Waals surface area contributed by atoms with E-state index in [2.05, 4.69) is 15.1 Å². The molecule has 29 heavy (non-hydrogen) atoms. The van der Waals surface area contributed by atoms with Crippen LogP contribution in [0.25, 0.3) is 0 Å². The SMILES string of the molecule is C[C@H]1CN(c2ccc(Cl)c(Cl)c2)C(=O)c2c(CC(=O)c3cnccn3)cnn21.S. The second kappa shape index (κ2) is 8.52. The van der Waals surface area contributed by atoms with Gasteiger partial charge in [0.05, 0.1) is 28.5 Å². The summed E-state index contributed by atoms with van der Waals surface area (Å²) in [6, 6.07) is 4.99. The molecule has 1 aromatic carbocycles. The molecule has 3 heterocycles. The maximum Gasteiger partial charge on any atom is 0.276 e. The van der Waals surface area contributed by atoms with Gasteiger partial charge in [0.25, 0.3) is 5.91 Å². The van der Waals surface area contributed by atoms with Gasteiger partial charge in [-0.15, -0.1) is 0 Å². The van der Waals surface area contributed by atoms with Gasteiger partial charge in [-0.1, -0.05) is 23.2 Å². The smallest absolute Gasteiger partial charge is 0.276 e. The molecule has 0 spiro atoms. The maximum atomic E-state index is 13.2. The number of fused-ring (bicyclic) bond motifs is 1. The Labute approximate surface area is 184 Å². The third-order valence-corrected chi connectivity index (χ3v) is 5.34. The molecule has 1 aliphatic heterocycles. The average molecular weight is 450 g/mol. The highest BCUT2D eigenvalue weighted by Gasteiger charge is 2.34. The number of halogens is 2. The van der Waals surface area contributed by atoms with Crippen molar-refractivity contribution in [3.8, 4) is 0 Å². The summed E-state index contributed by atoms with van der Waals surface area (Å²) < 4.78 is 1.66. The first kappa shape index (κ1) is 21.3. The molecule has 0 bridgehead atoms. The minimum Gasteiger partial charge on any atom is -0.305 e. The largest absolute Gasteiger partial charge is 0.305 e. The Morgan fingerprint density at radius 1 is 1.21 bits per heavy atom. The second-order valence-electron chi connectivity index (χ2n) is 6.52. The topological polar surface area (TPSA) is 81.0 Å². The molecule has 0 fully saturated rings. The number of rotatable bonds is 4. The van der Waals surface area contributed by atoms with Crippen LogP contribution in [0.1, 0.15) is 39.5 Å². The van der Waals surface area contributed by atoms with Crippen molar-refractivity contribution < 1.29 is 9.59 Å². The van der Waals surface area contributed by atoms with Crippen molar-refractivity contribution in [2.24, 2.45) is 0 Å². The Kier molecular flexibility index (Phi) is 6.26. The number of ketones is 1. The van der Waals surface area contributed by atoms with Crippen LogP contribution in [0.2, 0.25) is 10.0 Å². The lowest BCUT2D eigenvalue weighted by Gasteiger charge is -2.32. The van der Waals surface area contributed by atoms with Crippen molar-refractivity contribution in [1.82, 2.24) is 19.7 Å². The van der Waals surface area contributed by atoms with Crippen LogP contribution < -0.4 is 4.90 Å². The average Bonchev–Trinajstić information content (AvgIpc) is 3.12. The van der Waals surface area contributed by atoms with Gasteiger partial charge in [-0.25, -0.2) is 4.98 Å². The molecule has 0 saturated heterocycles. The molecule has 1 amide bonds. The predicted octanol–water partition coefficient (Wildman–Crippen LogP) is 3.74. The van der Waals surface area contributed by atoms with Crippen LogP contribution in [0.4, 0.5) is 5.69 Å². The van der Waals surface area contributed by atoms with Crippen molar-refractivity contribution >= 4 is 54.1 Å². The summed E-state index contributed by atoms with van der Waals surface area (Å²) in [6.45, 7) is 2.39. The summed E-state index contributed by atoms with van der Waals surface area (Å²) in [7, 11) is 0. The quantitative estimate of drug-likeness (QED) is 0.566. The summed E-state index contributed by atoms with van der Waals surface area (Å²) in [6.07, 6.45) is 5.95. The zero-order valence-electron chi connectivity index (χ0n) is 15.3. The first-order chi connectivity index (χ1) is 13.5. The Morgan fingerprint density at radius 3 is 2.69 bits per heavy atom. The fraction of sp³-hybridized carbons (Fsp3) is 0.211. The summed E-state index contributed by atoms with van der Waals surface area (Å²) in [5.41, 5.74) is 1.84. The van der Waals surface area contributed by atoms with E-state index < -0.39 is 0 Å². The molecule has 0 unspecified atom stereocenters. The predicted molar refractivity (Wildman–Crippen MR) is 116 cm³/mol. The summed E-state index contributed by atoms with van der Waals surface area (Å²) in [4.78, 5) is 35.3. The van der Waals surface area contributed by atoms with Gasteiger partial charge < -0.3 is 4.90 Å². The van der Waals surface area contributed by atoms with Crippen molar-refractivity contribution in [3.63, 3.8) is 0 Å². The van der Waals surface area contributed by atoms with E-state index in [1.54, 1.807) is 34.0 Å². The highest BCUT2D eigenvalue weighted by molar-refractivity contribution is 7.59. The molecule has 1 aliphatic rings. The Bertz CT molecular complexity index is 1070. The van der Waals surface area contributed by atoms with E-state index in [1.807, 2.05) is 6.92 Å². The number of carbonyl (C=O) groups excluding carboxylic acids is 2. The van der Waals surface area contributed by atoms with Crippen molar-refractivity contribution in [2.45, 2.75) is 19.4 Å². The molecule has 0 aliphatic carbocycles. The van der Waals surface area contributed by atoms with E-state index in [9.17, 15) is 9.59 Å².